The third kappa shape index (κ3) is 3.08. The number of hydrogen-bond acceptors (Lipinski definition) is 3. The predicted molar refractivity (Wildman–Crippen MR) is 86.4 cm³/mol. The minimum atomic E-state index is -0.477. The minimum Gasteiger partial charge on any atom is -0.303 e. The van der Waals surface area contributed by atoms with E-state index in [-0.39, 0.29) is 5.92 Å². The maximum Gasteiger partial charge on any atom is 0.137 e. The number of benzene rings is 1. The van der Waals surface area contributed by atoms with Gasteiger partial charge in [0, 0.05) is 18.9 Å². The standard InChI is InChI=1S/C19H24N2O/c20-15-19(17-7-3-1-4-8-17)10-9-18(22)16(13-19)14-21-11-5-2-6-12-21/h1,3-4,7-8,16H,2,5-6,9-14H2. The van der Waals surface area contributed by atoms with Crippen molar-refractivity contribution in [3.63, 3.8) is 0 Å². The topological polar surface area (TPSA) is 44.1 Å². The van der Waals surface area contributed by atoms with E-state index in [0.29, 0.717) is 25.0 Å². The van der Waals surface area contributed by atoms with Crippen molar-refractivity contribution in [3.05, 3.63) is 35.9 Å². The van der Waals surface area contributed by atoms with Crippen LogP contribution in [0.4, 0.5) is 0 Å². The molecule has 1 aliphatic carbocycles. The Labute approximate surface area is 132 Å². The number of carbonyl (C=O) groups is 1. The van der Waals surface area contributed by atoms with Gasteiger partial charge < -0.3 is 4.90 Å². The van der Waals surface area contributed by atoms with Crippen molar-refractivity contribution in [3.8, 4) is 6.07 Å². The van der Waals surface area contributed by atoms with Gasteiger partial charge in [-0.05, 0) is 44.3 Å². The summed E-state index contributed by atoms with van der Waals surface area (Å²) in [5, 5.41) is 9.83. The van der Waals surface area contributed by atoms with Gasteiger partial charge in [0.1, 0.15) is 5.78 Å². The molecule has 22 heavy (non-hydrogen) atoms. The number of rotatable bonds is 3. The summed E-state index contributed by atoms with van der Waals surface area (Å²) in [4.78, 5) is 14.8. The predicted octanol–water partition coefficient (Wildman–Crippen LogP) is 3.30. The third-order valence-corrected chi connectivity index (χ3v) is 5.32. The second-order valence-electron chi connectivity index (χ2n) is 6.79. The molecule has 0 N–H and O–H groups in total. The van der Waals surface area contributed by atoms with Crippen molar-refractivity contribution in [1.29, 1.82) is 5.26 Å². The van der Waals surface area contributed by atoms with E-state index >= 15 is 0 Å². The summed E-state index contributed by atoms with van der Waals surface area (Å²) in [5.74, 6) is 0.374. The Morgan fingerprint density at radius 3 is 2.59 bits per heavy atom. The van der Waals surface area contributed by atoms with Crippen LogP contribution in [0.2, 0.25) is 0 Å². The van der Waals surface area contributed by atoms with Crippen molar-refractivity contribution in [2.45, 2.75) is 43.9 Å². The van der Waals surface area contributed by atoms with Gasteiger partial charge in [0.05, 0.1) is 11.5 Å². The van der Waals surface area contributed by atoms with Gasteiger partial charge in [-0.2, -0.15) is 5.26 Å². The normalized spacial score (nSPS) is 30.0. The molecule has 0 spiro atoms. The molecule has 2 unspecified atom stereocenters. The van der Waals surface area contributed by atoms with Crippen LogP contribution in [-0.2, 0) is 10.2 Å². The van der Waals surface area contributed by atoms with Crippen molar-refractivity contribution in [1.82, 2.24) is 4.90 Å². The molecular formula is C19H24N2O. The molecule has 1 aromatic carbocycles. The second kappa shape index (κ2) is 6.62. The van der Waals surface area contributed by atoms with Crippen LogP contribution in [0.25, 0.3) is 0 Å². The molecule has 0 radical (unpaired) electrons. The molecule has 116 valence electrons. The average molecular weight is 296 g/mol. The molecule has 3 rings (SSSR count). The molecule has 1 saturated heterocycles. The molecule has 3 nitrogen and oxygen atoms in total. The van der Waals surface area contributed by atoms with Gasteiger partial charge in [0.15, 0.2) is 0 Å². The number of hydrogen-bond donors (Lipinski definition) is 0. The fourth-order valence-electron chi connectivity index (χ4n) is 3.98. The molecule has 0 amide bonds. The molecular weight excluding hydrogens is 272 g/mol. The number of carbonyl (C=O) groups excluding carboxylic acids is 1. The van der Waals surface area contributed by atoms with E-state index < -0.39 is 5.41 Å². The van der Waals surface area contributed by atoms with E-state index in [0.717, 1.165) is 25.2 Å². The van der Waals surface area contributed by atoms with Crippen molar-refractivity contribution < 1.29 is 4.79 Å². The van der Waals surface area contributed by atoms with Crippen LogP contribution in [0.3, 0.4) is 0 Å². The van der Waals surface area contributed by atoms with Gasteiger partial charge in [0.25, 0.3) is 0 Å². The molecule has 1 aromatic rings. The zero-order valence-corrected chi connectivity index (χ0v) is 13.1. The Bertz CT molecular complexity index is 557. The maximum atomic E-state index is 12.4. The average Bonchev–Trinajstić information content (AvgIpc) is 2.59. The van der Waals surface area contributed by atoms with E-state index in [1.807, 2.05) is 30.3 Å². The Kier molecular flexibility index (Phi) is 4.59. The van der Waals surface area contributed by atoms with E-state index in [4.69, 9.17) is 0 Å². The first-order chi connectivity index (χ1) is 10.7. The fourth-order valence-corrected chi connectivity index (χ4v) is 3.98. The lowest BCUT2D eigenvalue weighted by Crippen LogP contribution is -2.43. The van der Waals surface area contributed by atoms with Crippen LogP contribution in [0.1, 0.15) is 44.1 Å². The fraction of sp³-hybridized carbons (Fsp3) is 0.579. The Hall–Kier alpha value is -1.66. The lowest BCUT2D eigenvalue weighted by Gasteiger charge is -2.38. The first-order valence-electron chi connectivity index (χ1n) is 8.45. The van der Waals surface area contributed by atoms with Crippen molar-refractivity contribution >= 4 is 5.78 Å². The van der Waals surface area contributed by atoms with Crippen LogP contribution in [0.15, 0.2) is 30.3 Å². The van der Waals surface area contributed by atoms with Crippen molar-refractivity contribution in [2.24, 2.45) is 5.92 Å². The summed E-state index contributed by atoms with van der Waals surface area (Å²) in [6, 6.07) is 12.6. The van der Waals surface area contributed by atoms with Gasteiger partial charge >= 0.3 is 0 Å². The zero-order chi connectivity index (χ0) is 15.4. The molecule has 3 heteroatoms. The largest absolute Gasteiger partial charge is 0.303 e. The number of ketones is 1. The van der Waals surface area contributed by atoms with E-state index in [1.54, 1.807) is 0 Å². The summed E-state index contributed by atoms with van der Waals surface area (Å²) in [6.07, 6.45) is 5.68. The molecule has 0 bridgehead atoms. The maximum absolute atomic E-state index is 12.4. The Balaban J connectivity index is 1.77. The number of likely N-dealkylation sites (tertiary alicyclic amines) is 1. The van der Waals surface area contributed by atoms with Crippen LogP contribution < -0.4 is 0 Å². The number of nitrogens with zero attached hydrogens (tertiary/aromatic N) is 2. The Morgan fingerprint density at radius 2 is 1.91 bits per heavy atom. The van der Waals surface area contributed by atoms with E-state index in [2.05, 4.69) is 11.0 Å². The highest BCUT2D eigenvalue weighted by Gasteiger charge is 2.42. The first-order valence-corrected chi connectivity index (χ1v) is 8.45. The summed E-state index contributed by atoms with van der Waals surface area (Å²) >= 11 is 0. The third-order valence-electron chi connectivity index (χ3n) is 5.32. The molecule has 2 atom stereocenters. The molecule has 1 saturated carbocycles. The number of nitriles is 1. The van der Waals surface area contributed by atoms with Gasteiger partial charge in [0.2, 0.25) is 0 Å². The summed E-state index contributed by atoms with van der Waals surface area (Å²) in [7, 11) is 0. The van der Waals surface area contributed by atoms with Crippen LogP contribution >= 0.6 is 0 Å². The number of piperidine rings is 1. The van der Waals surface area contributed by atoms with E-state index in [9.17, 15) is 10.1 Å². The summed E-state index contributed by atoms with van der Waals surface area (Å²) in [5.41, 5.74) is 0.601. The lowest BCUT2D eigenvalue weighted by atomic mass is 9.66. The van der Waals surface area contributed by atoms with Crippen LogP contribution in [0, 0.1) is 17.2 Å². The molecule has 2 fully saturated rings. The van der Waals surface area contributed by atoms with Gasteiger partial charge in [-0.25, -0.2) is 0 Å². The number of Topliss-reactive ketones (excluding diaryl/α,β-unsaturated/α-hetero) is 1. The molecule has 1 aliphatic heterocycles. The van der Waals surface area contributed by atoms with Crippen LogP contribution in [0.5, 0.6) is 0 Å². The smallest absolute Gasteiger partial charge is 0.137 e. The van der Waals surface area contributed by atoms with Gasteiger partial charge in [-0.1, -0.05) is 36.8 Å². The highest BCUT2D eigenvalue weighted by atomic mass is 16.1. The van der Waals surface area contributed by atoms with Crippen molar-refractivity contribution in [2.75, 3.05) is 19.6 Å². The Morgan fingerprint density at radius 1 is 1.18 bits per heavy atom. The highest BCUT2D eigenvalue weighted by molar-refractivity contribution is 5.83. The quantitative estimate of drug-likeness (QED) is 0.859. The van der Waals surface area contributed by atoms with E-state index in [1.165, 1.54) is 19.3 Å². The molecule has 1 heterocycles. The SMILES string of the molecule is N#CC1(c2ccccc2)CCC(=O)C(CN2CCCCC2)C1. The van der Waals surface area contributed by atoms with Crippen LogP contribution in [-0.4, -0.2) is 30.3 Å². The molecule has 0 aromatic heterocycles. The van der Waals surface area contributed by atoms with Gasteiger partial charge in [-0.3, -0.25) is 4.79 Å². The minimum absolute atomic E-state index is 0.0201. The second-order valence-corrected chi connectivity index (χ2v) is 6.79. The molecule has 2 aliphatic rings. The highest BCUT2D eigenvalue weighted by Crippen LogP contribution is 2.40. The first kappa shape index (κ1) is 15.2. The summed E-state index contributed by atoms with van der Waals surface area (Å²) in [6.45, 7) is 3.05. The monoisotopic (exact) mass is 296 g/mol. The lowest BCUT2D eigenvalue weighted by molar-refractivity contribution is -0.126. The summed E-state index contributed by atoms with van der Waals surface area (Å²) < 4.78 is 0. The zero-order valence-electron chi connectivity index (χ0n) is 13.1. The van der Waals surface area contributed by atoms with Gasteiger partial charge in [-0.15, -0.1) is 0 Å².